The summed E-state index contributed by atoms with van der Waals surface area (Å²) < 4.78 is 1.09. The number of hydrogen-bond donors (Lipinski definition) is 1. The number of nitrogens with zero attached hydrogens (tertiary/aromatic N) is 2. The van der Waals surface area contributed by atoms with Crippen molar-refractivity contribution in [2.24, 2.45) is 0 Å². The molecule has 1 N–H and O–H groups in total. The minimum atomic E-state index is 0.801. The number of aromatic nitrogens is 2. The topological polar surface area (TPSA) is 37.8 Å². The van der Waals surface area contributed by atoms with Crippen LogP contribution in [0.4, 0.5) is 5.82 Å². The van der Waals surface area contributed by atoms with Gasteiger partial charge < -0.3 is 5.32 Å². The van der Waals surface area contributed by atoms with E-state index < -0.39 is 0 Å². The standard InChI is InChI=1S/C15H18IN3/c1-5-17-15-13(16)11(4)18-14(19-15)12-8-6-7-9(2)10(12)3/h6-8H,5H2,1-4H3,(H,17,18,19). The van der Waals surface area contributed by atoms with Gasteiger partial charge in [-0.05, 0) is 61.4 Å². The molecule has 19 heavy (non-hydrogen) atoms. The normalized spacial score (nSPS) is 10.6. The molecule has 0 saturated carbocycles. The lowest BCUT2D eigenvalue weighted by Crippen LogP contribution is -2.06. The Bertz CT molecular complexity index is 609. The summed E-state index contributed by atoms with van der Waals surface area (Å²) >= 11 is 2.29. The molecule has 0 aliphatic heterocycles. The van der Waals surface area contributed by atoms with E-state index in [9.17, 15) is 0 Å². The Hall–Kier alpha value is -1.17. The van der Waals surface area contributed by atoms with Gasteiger partial charge in [-0.2, -0.15) is 0 Å². The van der Waals surface area contributed by atoms with Gasteiger partial charge in [0.1, 0.15) is 5.82 Å². The molecule has 0 unspecified atom stereocenters. The summed E-state index contributed by atoms with van der Waals surface area (Å²) in [5.41, 5.74) is 4.63. The maximum Gasteiger partial charge on any atom is 0.162 e. The first-order chi connectivity index (χ1) is 9.04. The summed E-state index contributed by atoms with van der Waals surface area (Å²) in [5.74, 6) is 1.72. The van der Waals surface area contributed by atoms with E-state index >= 15 is 0 Å². The van der Waals surface area contributed by atoms with Crippen LogP contribution >= 0.6 is 22.6 Å². The van der Waals surface area contributed by atoms with Gasteiger partial charge in [0, 0.05) is 12.1 Å². The monoisotopic (exact) mass is 367 g/mol. The predicted octanol–water partition coefficient (Wildman–Crippen LogP) is 4.11. The van der Waals surface area contributed by atoms with Crippen LogP contribution < -0.4 is 5.32 Å². The lowest BCUT2D eigenvalue weighted by atomic mass is 10.0. The molecule has 0 spiro atoms. The lowest BCUT2D eigenvalue weighted by Gasteiger charge is -2.12. The van der Waals surface area contributed by atoms with Crippen molar-refractivity contribution >= 4 is 28.4 Å². The van der Waals surface area contributed by atoms with Crippen LogP contribution in [0, 0.1) is 24.3 Å². The molecular weight excluding hydrogens is 349 g/mol. The molecule has 0 radical (unpaired) electrons. The summed E-state index contributed by atoms with van der Waals surface area (Å²) in [4.78, 5) is 9.29. The van der Waals surface area contributed by atoms with Crippen LogP contribution in [0.5, 0.6) is 0 Å². The molecule has 3 nitrogen and oxygen atoms in total. The first-order valence-corrected chi connectivity index (χ1v) is 7.47. The molecule has 0 aliphatic rings. The van der Waals surface area contributed by atoms with Crippen molar-refractivity contribution in [3.05, 3.63) is 38.6 Å². The molecule has 2 rings (SSSR count). The second kappa shape index (κ2) is 5.86. The number of anilines is 1. The zero-order valence-corrected chi connectivity index (χ0v) is 13.9. The van der Waals surface area contributed by atoms with Gasteiger partial charge in [0.2, 0.25) is 0 Å². The van der Waals surface area contributed by atoms with Crippen LogP contribution in [0.15, 0.2) is 18.2 Å². The third kappa shape index (κ3) is 2.88. The van der Waals surface area contributed by atoms with Crippen LogP contribution in [0.3, 0.4) is 0 Å². The molecule has 4 heteroatoms. The van der Waals surface area contributed by atoms with Crippen LogP contribution in [0.2, 0.25) is 0 Å². The molecule has 1 aromatic heterocycles. The van der Waals surface area contributed by atoms with Crippen molar-refractivity contribution in [2.45, 2.75) is 27.7 Å². The Kier molecular flexibility index (Phi) is 4.39. The van der Waals surface area contributed by atoms with E-state index in [-0.39, 0.29) is 0 Å². The van der Waals surface area contributed by atoms with E-state index in [2.05, 4.69) is 76.8 Å². The summed E-state index contributed by atoms with van der Waals surface area (Å²) in [6.45, 7) is 9.20. The molecule has 0 saturated heterocycles. The molecule has 0 fully saturated rings. The lowest BCUT2D eigenvalue weighted by molar-refractivity contribution is 1.06. The van der Waals surface area contributed by atoms with Crippen LogP contribution in [-0.2, 0) is 0 Å². The average molecular weight is 367 g/mol. The van der Waals surface area contributed by atoms with Gasteiger partial charge in [0.15, 0.2) is 5.82 Å². The fourth-order valence-corrected chi connectivity index (χ4v) is 2.39. The maximum atomic E-state index is 4.67. The Morgan fingerprint density at radius 1 is 1.16 bits per heavy atom. The quantitative estimate of drug-likeness (QED) is 0.830. The highest BCUT2D eigenvalue weighted by molar-refractivity contribution is 14.1. The number of nitrogens with one attached hydrogen (secondary N) is 1. The average Bonchev–Trinajstić information content (AvgIpc) is 2.38. The van der Waals surface area contributed by atoms with Crippen molar-refractivity contribution in [1.29, 1.82) is 0 Å². The number of halogens is 1. The third-order valence-electron chi connectivity index (χ3n) is 3.21. The van der Waals surface area contributed by atoms with Gasteiger partial charge in [0.25, 0.3) is 0 Å². The van der Waals surface area contributed by atoms with E-state index in [1.807, 2.05) is 6.92 Å². The molecule has 1 aromatic carbocycles. The first-order valence-electron chi connectivity index (χ1n) is 6.39. The van der Waals surface area contributed by atoms with E-state index in [1.54, 1.807) is 0 Å². The van der Waals surface area contributed by atoms with Crippen LogP contribution in [-0.4, -0.2) is 16.5 Å². The minimum Gasteiger partial charge on any atom is -0.369 e. The highest BCUT2D eigenvalue weighted by Crippen LogP contribution is 2.26. The molecule has 2 aromatic rings. The number of hydrogen-bond acceptors (Lipinski definition) is 3. The van der Waals surface area contributed by atoms with Crippen molar-refractivity contribution in [2.75, 3.05) is 11.9 Å². The Labute approximate surface area is 128 Å². The van der Waals surface area contributed by atoms with E-state index in [1.165, 1.54) is 11.1 Å². The zero-order valence-electron chi connectivity index (χ0n) is 11.7. The maximum absolute atomic E-state index is 4.67. The highest BCUT2D eigenvalue weighted by Gasteiger charge is 2.12. The van der Waals surface area contributed by atoms with E-state index in [4.69, 9.17) is 0 Å². The van der Waals surface area contributed by atoms with Crippen molar-refractivity contribution in [3.63, 3.8) is 0 Å². The second-order valence-electron chi connectivity index (χ2n) is 4.57. The first kappa shape index (κ1) is 14.2. The van der Waals surface area contributed by atoms with Gasteiger partial charge in [-0.25, -0.2) is 9.97 Å². The van der Waals surface area contributed by atoms with Crippen molar-refractivity contribution < 1.29 is 0 Å². The number of benzene rings is 1. The minimum absolute atomic E-state index is 0.801. The van der Waals surface area contributed by atoms with Gasteiger partial charge in [-0.15, -0.1) is 0 Å². The van der Waals surface area contributed by atoms with Crippen molar-refractivity contribution in [1.82, 2.24) is 9.97 Å². The third-order valence-corrected chi connectivity index (χ3v) is 4.50. The molecular formula is C15H18IN3. The summed E-state index contributed by atoms with van der Waals surface area (Å²) in [5, 5.41) is 3.30. The summed E-state index contributed by atoms with van der Waals surface area (Å²) in [6, 6.07) is 6.25. The molecule has 0 aliphatic carbocycles. The zero-order chi connectivity index (χ0) is 14.0. The van der Waals surface area contributed by atoms with Crippen LogP contribution in [0.25, 0.3) is 11.4 Å². The molecule has 1 heterocycles. The van der Waals surface area contributed by atoms with Gasteiger partial charge in [-0.3, -0.25) is 0 Å². The molecule has 0 amide bonds. The Balaban J connectivity index is 2.59. The number of rotatable bonds is 3. The number of aryl methyl sites for hydroxylation is 2. The second-order valence-corrected chi connectivity index (χ2v) is 5.65. The van der Waals surface area contributed by atoms with Crippen molar-refractivity contribution in [3.8, 4) is 11.4 Å². The van der Waals surface area contributed by atoms with Crippen LogP contribution in [0.1, 0.15) is 23.7 Å². The molecule has 0 bridgehead atoms. The largest absolute Gasteiger partial charge is 0.369 e. The van der Waals surface area contributed by atoms with Gasteiger partial charge in [-0.1, -0.05) is 18.2 Å². The Morgan fingerprint density at radius 3 is 2.58 bits per heavy atom. The van der Waals surface area contributed by atoms with Gasteiger partial charge >= 0.3 is 0 Å². The SMILES string of the molecule is CCNc1nc(-c2cccc(C)c2C)nc(C)c1I. The molecule has 0 atom stereocenters. The smallest absolute Gasteiger partial charge is 0.162 e. The van der Waals surface area contributed by atoms with E-state index in [0.717, 1.165) is 33.0 Å². The fourth-order valence-electron chi connectivity index (χ4n) is 1.96. The Morgan fingerprint density at radius 2 is 1.89 bits per heavy atom. The van der Waals surface area contributed by atoms with E-state index in [0.29, 0.717) is 0 Å². The van der Waals surface area contributed by atoms with Gasteiger partial charge in [0.05, 0.1) is 9.26 Å². The highest BCUT2D eigenvalue weighted by atomic mass is 127. The predicted molar refractivity (Wildman–Crippen MR) is 88.6 cm³/mol. The summed E-state index contributed by atoms with van der Waals surface area (Å²) in [6.07, 6.45) is 0. The summed E-state index contributed by atoms with van der Waals surface area (Å²) in [7, 11) is 0. The fraction of sp³-hybridized carbons (Fsp3) is 0.333. The molecule has 100 valence electrons.